The number of rotatable bonds is 3. The molecule has 0 aliphatic heterocycles. The van der Waals surface area contributed by atoms with Crippen molar-refractivity contribution >= 4 is 0 Å². The van der Waals surface area contributed by atoms with E-state index in [4.69, 9.17) is 5.73 Å². The first-order valence-corrected chi connectivity index (χ1v) is 5.24. The molecule has 1 aliphatic carbocycles. The molecule has 0 aromatic heterocycles. The van der Waals surface area contributed by atoms with E-state index in [-0.39, 0.29) is 5.41 Å². The summed E-state index contributed by atoms with van der Waals surface area (Å²) in [6.45, 7) is 2.77. The van der Waals surface area contributed by atoms with Gasteiger partial charge in [0.1, 0.15) is 5.75 Å². The zero-order chi connectivity index (χ0) is 10.2. The highest BCUT2D eigenvalue weighted by atomic mass is 16.3. The van der Waals surface area contributed by atoms with E-state index in [0.29, 0.717) is 12.3 Å². The Morgan fingerprint density at radius 1 is 1.43 bits per heavy atom. The second kappa shape index (κ2) is 3.28. The molecule has 2 heteroatoms. The number of phenols is 1. The standard InChI is InChI=1S/C12H17NO/c1-2-9-3-4-11(14)10(7-9)12(8-13)5-6-12/h3-4,7,14H,2,5-6,8,13H2,1H3. The molecule has 3 N–H and O–H groups in total. The quantitative estimate of drug-likeness (QED) is 0.767. The van der Waals surface area contributed by atoms with Gasteiger partial charge in [-0.05, 0) is 30.9 Å². The molecule has 1 aromatic carbocycles. The molecule has 1 aliphatic rings. The van der Waals surface area contributed by atoms with Crippen LogP contribution in [0.25, 0.3) is 0 Å². The second-order valence-corrected chi connectivity index (χ2v) is 4.19. The summed E-state index contributed by atoms with van der Waals surface area (Å²) in [5.74, 6) is 0.408. The molecule has 76 valence electrons. The van der Waals surface area contributed by atoms with Crippen LogP contribution in [0.3, 0.4) is 0 Å². The van der Waals surface area contributed by atoms with Gasteiger partial charge in [0.2, 0.25) is 0 Å². The van der Waals surface area contributed by atoms with E-state index < -0.39 is 0 Å². The predicted molar refractivity (Wildman–Crippen MR) is 57.5 cm³/mol. The van der Waals surface area contributed by atoms with Gasteiger partial charge in [-0.3, -0.25) is 0 Å². The molecule has 0 radical (unpaired) electrons. The predicted octanol–water partition coefficient (Wildman–Crippen LogP) is 1.94. The van der Waals surface area contributed by atoms with Gasteiger partial charge in [-0.1, -0.05) is 19.1 Å². The van der Waals surface area contributed by atoms with Crippen molar-refractivity contribution in [1.82, 2.24) is 0 Å². The largest absolute Gasteiger partial charge is 0.508 e. The molecule has 0 heterocycles. The molecule has 0 spiro atoms. The van der Waals surface area contributed by atoms with Crippen molar-refractivity contribution < 1.29 is 5.11 Å². The Kier molecular flexibility index (Phi) is 2.23. The Labute approximate surface area is 84.7 Å². The molecule has 2 rings (SSSR count). The monoisotopic (exact) mass is 191 g/mol. The smallest absolute Gasteiger partial charge is 0.119 e. The number of hydrogen-bond acceptors (Lipinski definition) is 2. The maximum atomic E-state index is 9.78. The molecular formula is C12H17NO. The number of benzene rings is 1. The van der Waals surface area contributed by atoms with E-state index in [1.165, 1.54) is 5.56 Å². The van der Waals surface area contributed by atoms with Crippen LogP contribution in [0.1, 0.15) is 30.9 Å². The molecule has 0 bridgehead atoms. The van der Waals surface area contributed by atoms with Crippen LogP contribution >= 0.6 is 0 Å². The van der Waals surface area contributed by atoms with Crippen molar-refractivity contribution in [2.75, 3.05) is 6.54 Å². The van der Waals surface area contributed by atoms with Gasteiger partial charge in [0.05, 0.1) is 0 Å². The van der Waals surface area contributed by atoms with Gasteiger partial charge >= 0.3 is 0 Å². The minimum Gasteiger partial charge on any atom is -0.508 e. The Bertz CT molecular complexity index is 342. The lowest BCUT2D eigenvalue weighted by molar-refractivity contribution is 0.458. The first-order valence-electron chi connectivity index (χ1n) is 5.24. The summed E-state index contributed by atoms with van der Waals surface area (Å²) in [5.41, 5.74) is 8.17. The Hall–Kier alpha value is -1.02. The molecule has 0 amide bonds. The SMILES string of the molecule is CCc1ccc(O)c(C2(CN)CC2)c1. The highest BCUT2D eigenvalue weighted by Crippen LogP contribution is 2.50. The van der Waals surface area contributed by atoms with E-state index >= 15 is 0 Å². The Balaban J connectivity index is 2.41. The maximum absolute atomic E-state index is 9.78. The van der Waals surface area contributed by atoms with Crippen LogP contribution in [0, 0.1) is 0 Å². The summed E-state index contributed by atoms with van der Waals surface area (Å²) in [5, 5.41) is 9.78. The van der Waals surface area contributed by atoms with Gasteiger partial charge in [0, 0.05) is 17.5 Å². The Morgan fingerprint density at radius 2 is 2.14 bits per heavy atom. The zero-order valence-corrected chi connectivity index (χ0v) is 8.59. The van der Waals surface area contributed by atoms with Crippen LogP contribution in [-0.2, 0) is 11.8 Å². The van der Waals surface area contributed by atoms with Crippen molar-refractivity contribution in [2.45, 2.75) is 31.6 Å². The molecule has 1 aromatic rings. The van der Waals surface area contributed by atoms with E-state index in [0.717, 1.165) is 24.8 Å². The first kappa shape index (κ1) is 9.53. The van der Waals surface area contributed by atoms with Crippen LogP contribution in [0.15, 0.2) is 18.2 Å². The van der Waals surface area contributed by atoms with E-state index in [1.54, 1.807) is 6.07 Å². The number of phenolic OH excluding ortho intramolecular Hbond substituents is 1. The average molecular weight is 191 g/mol. The van der Waals surface area contributed by atoms with Crippen LogP contribution in [0.2, 0.25) is 0 Å². The minimum absolute atomic E-state index is 0.0925. The summed E-state index contributed by atoms with van der Waals surface area (Å²) in [4.78, 5) is 0. The van der Waals surface area contributed by atoms with Gasteiger partial charge in [-0.25, -0.2) is 0 Å². The van der Waals surface area contributed by atoms with Crippen LogP contribution in [-0.4, -0.2) is 11.7 Å². The maximum Gasteiger partial charge on any atom is 0.119 e. The Morgan fingerprint density at radius 3 is 2.64 bits per heavy atom. The third kappa shape index (κ3) is 1.40. The van der Waals surface area contributed by atoms with E-state index in [1.807, 2.05) is 6.07 Å². The molecule has 1 saturated carbocycles. The third-order valence-electron chi connectivity index (χ3n) is 3.28. The van der Waals surface area contributed by atoms with Crippen molar-refractivity contribution in [3.8, 4) is 5.75 Å². The number of nitrogens with two attached hydrogens (primary N) is 1. The summed E-state index contributed by atoms with van der Waals surface area (Å²) >= 11 is 0. The average Bonchev–Trinajstić information content (AvgIpc) is 2.99. The highest BCUT2D eigenvalue weighted by Gasteiger charge is 2.44. The minimum atomic E-state index is 0.0925. The third-order valence-corrected chi connectivity index (χ3v) is 3.28. The lowest BCUT2D eigenvalue weighted by Crippen LogP contribution is -2.19. The van der Waals surface area contributed by atoms with E-state index in [9.17, 15) is 5.11 Å². The fourth-order valence-electron chi connectivity index (χ4n) is 1.96. The number of aromatic hydroxyl groups is 1. The van der Waals surface area contributed by atoms with Crippen LogP contribution < -0.4 is 5.73 Å². The lowest BCUT2D eigenvalue weighted by Gasteiger charge is -2.15. The van der Waals surface area contributed by atoms with Gasteiger partial charge in [-0.15, -0.1) is 0 Å². The fourth-order valence-corrected chi connectivity index (χ4v) is 1.96. The molecule has 14 heavy (non-hydrogen) atoms. The summed E-state index contributed by atoms with van der Waals surface area (Å²) in [6, 6.07) is 5.88. The van der Waals surface area contributed by atoms with E-state index in [2.05, 4.69) is 13.0 Å². The van der Waals surface area contributed by atoms with Crippen LogP contribution in [0.5, 0.6) is 5.75 Å². The summed E-state index contributed by atoms with van der Waals surface area (Å²) < 4.78 is 0. The molecule has 1 fully saturated rings. The zero-order valence-electron chi connectivity index (χ0n) is 8.59. The van der Waals surface area contributed by atoms with Crippen molar-refractivity contribution in [3.63, 3.8) is 0 Å². The van der Waals surface area contributed by atoms with Gasteiger partial charge in [0.15, 0.2) is 0 Å². The molecule has 0 atom stereocenters. The molecule has 0 unspecified atom stereocenters. The number of aryl methyl sites for hydroxylation is 1. The topological polar surface area (TPSA) is 46.2 Å². The van der Waals surface area contributed by atoms with Crippen LogP contribution in [0.4, 0.5) is 0 Å². The van der Waals surface area contributed by atoms with Crippen molar-refractivity contribution in [2.24, 2.45) is 5.73 Å². The highest BCUT2D eigenvalue weighted by molar-refractivity contribution is 5.45. The van der Waals surface area contributed by atoms with Gasteiger partial charge < -0.3 is 10.8 Å². The first-order chi connectivity index (χ1) is 6.72. The van der Waals surface area contributed by atoms with Crippen molar-refractivity contribution in [1.29, 1.82) is 0 Å². The summed E-state index contributed by atoms with van der Waals surface area (Å²) in [6.07, 6.45) is 3.24. The van der Waals surface area contributed by atoms with Gasteiger partial charge in [-0.2, -0.15) is 0 Å². The number of hydrogen-bond donors (Lipinski definition) is 2. The summed E-state index contributed by atoms with van der Waals surface area (Å²) in [7, 11) is 0. The van der Waals surface area contributed by atoms with Crippen molar-refractivity contribution in [3.05, 3.63) is 29.3 Å². The fraction of sp³-hybridized carbons (Fsp3) is 0.500. The molecule has 2 nitrogen and oxygen atoms in total. The molecule has 0 saturated heterocycles. The van der Waals surface area contributed by atoms with Gasteiger partial charge in [0.25, 0.3) is 0 Å². The second-order valence-electron chi connectivity index (χ2n) is 4.19. The molecular weight excluding hydrogens is 174 g/mol. The lowest BCUT2D eigenvalue weighted by atomic mass is 9.93. The normalized spacial score (nSPS) is 18.1.